The van der Waals surface area contributed by atoms with Gasteiger partial charge in [-0.15, -0.1) is 0 Å². The number of amides is 2. The highest BCUT2D eigenvalue weighted by Gasteiger charge is 2.25. The highest BCUT2D eigenvalue weighted by molar-refractivity contribution is 5.94. The van der Waals surface area contributed by atoms with Crippen LogP contribution in [0, 0.1) is 0 Å². The Hall–Kier alpha value is -1.84. The summed E-state index contributed by atoms with van der Waals surface area (Å²) < 4.78 is 0. The highest BCUT2D eigenvalue weighted by Crippen LogP contribution is 2.04. The first kappa shape index (κ1) is 9.71. The lowest BCUT2D eigenvalue weighted by molar-refractivity contribution is -0.133. The summed E-state index contributed by atoms with van der Waals surface area (Å²) in [7, 11) is 0. The first-order valence-corrected chi connectivity index (χ1v) is 4.87. The van der Waals surface area contributed by atoms with Gasteiger partial charge >= 0.3 is 0 Å². The molecule has 2 N–H and O–H groups in total. The average Bonchev–Trinajstić information content (AvgIpc) is 2.25. The molecule has 2 amide bonds. The zero-order valence-corrected chi connectivity index (χ0v) is 8.19. The summed E-state index contributed by atoms with van der Waals surface area (Å²) in [6, 6.07) is 9.19. The molecule has 4 heteroatoms. The van der Waals surface area contributed by atoms with Gasteiger partial charge in [-0.1, -0.05) is 30.3 Å². The van der Waals surface area contributed by atoms with E-state index in [4.69, 9.17) is 0 Å². The van der Waals surface area contributed by atoms with E-state index >= 15 is 0 Å². The minimum absolute atomic E-state index is 0.0874. The molecule has 78 valence electrons. The number of benzene rings is 1. The Morgan fingerprint density at radius 2 is 1.93 bits per heavy atom. The van der Waals surface area contributed by atoms with E-state index in [0.717, 1.165) is 5.56 Å². The van der Waals surface area contributed by atoms with Crippen molar-refractivity contribution < 1.29 is 9.59 Å². The third-order valence-electron chi connectivity index (χ3n) is 2.36. The highest BCUT2D eigenvalue weighted by atomic mass is 16.2. The fraction of sp³-hybridized carbons (Fsp3) is 0.273. The van der Waals surface area contributed by atoms with Crippen molar-refractivity contribution in [1.29, 1.82) is 0 Å². The molecule has 0 spiro atoms. The van der Waals surface area contributed by atoms with Crippen LogP contribution in [0.2, 0.25) is 0 Å². The average molecular weight is 204 g/mol. The largest absolute Gasteiger partial charge is 0.345 e. The van der Waals surface area contributed by atoms with Crippen LogP contribution in [0.5, 0.6) is 0 Å². The zero-order chi connectivity index (χ0) is 10.7. The van der Waals surface area contributed by atoms with Gasteiger partial charge in [-0.2, -0.15) is 0 Å². The SMILES string of the molecule is O=C1CNC(=O)[C@@H](Cc2ccccc2)N1. The molecule has 1 fully saturated rings. The van der Waals surface area contributed by atoms with E-state index in [2.05, 4.69) is 10.6 Å². The number of piperazine rings is 1. The smallest absolute Gasteiger partial charge is 0.243 e. The molecule has 0 saturated carbocycles. The van der Waals surface area contributed by atoms with E-state index in [0.29, 0.717) is 6.42 Å². The Morgan fingerprint density at radius 1 is 1.20 bits per heavy atom. The maximum Gasteiger partial charge on any atom is 0.243 e. The number of carbonyl (C=O) groups excluding carboxylic acids is 2. The Labute approximate surface area is 87.7 Å². The summed E-state index contributed by atoms with van der Waals surface area (Å²) in [6.07, 6.45) is 0.540. The van der Waals surface area contributed by atoms with Crippen molar-refractivity contribution in [3.63, 3.8) is 0 Å². The monoisotopic (exact) mass is 204 g/mol. The van der Waals surface area contributed by atoms with Crippen LogP contribution in [-0.4, -0.2) is 24.4 Å². The lowest BCUT2D eigenvalue weighted by Crippen LogP contribution is -2.56. The van der Waals surface area contributed by atoms with E-state index in [9.17, 15) is 9.59 Å². The Bertz CT molecular complexity index is 375. The van der Waals surface area contributed by atoms with E-state index in [1.54, 1.807) is 0 Å². The van der Waals surface area contributed by atoms with E-state index < -0.39 is 6.04 Å². The van der Waals surface area contributed by atoms with Gasteiger partial charge in [0.2, 0.25) is 11.8 Å². The maximum absolute atomic E-state index is 11.4. The van der Waals surface area contributed by atoms with Gasteiger partial charge in [-0.3, -0.25) is 9.59 Å². The van der Waals surface area contributed by atoms with Gasteiger partial charge in [-0.25, -0.2) is 0 Å². The standard InChI is InChI=1S/C11H12N2O2/c14-10-7-12-11(15)9(13-10)6-8-4-2-1-3-5-8/h1-5,9H,6-7H2,(H,12,15)(H,13,14)/t9-/m1/s1. The van der Waals surface area contributed by atoms with Gasteiger partial charge in [0.1, 0.15) is 6.04 Å². The van der Waals surface area contributed by atoms with Crippen molar-refractivity contribution in [2.45, 2.75) is 12.5 Å². The summed E-state index contributed by atoms with van der Waals surface area (Å²) in [5.74, 6) is -0.242. The first-order chi connectivity index (χ1) is 7.25. The molecule has 1 aromatic rings. The van der Waals surface area contributed by atoms with Gasteiger partial charge in [0.25, 0.3) is 0 Å². The second kappa shape index (κ2) is 4.13. The molecule has 0 aliphatic carbocycles. The lowest BCUT2D eigenvalue weighted by atomic mass is 10.0. The summed E-state index contributed by atoms with van der Waals surface area (Å²) in [5.41, 5.74) is 1.04. The third-order valence-corrected chi connectivity index (χ3v) is 2.36. The summed E-state index contributed by atoms with van der Waals surface area (Å²) in [6.45, 7) is 0.0874. The fourth-order valence-corrected chi connectivity index (χ4v) is 1.60. The van der Waals surface area contributed by atoms with Crippen molar-refractivity contribution in [2.75, 3.05) is 6.54 Å². The second-order valence-corrected chi connectivity index (χ2v) is 3.53. The van der Waals surface area contributed by atoms with Crippen molar-refractivity contribution in [3.05, 3.63) is 35.9 Å². The minimum Gasteiger partial charge on any atom is -0.345 e. The van der Waals surface area contributed by atoms with Gasteiger partial charge in [0.15, 0.2) is 0 Å². The molecule has 4 nitrogen and oxygen atoms in total. The van der Waals surface area contributed by atoms with Crippen LogP contribution in [0.25, 0.3) is 0 Å². The molecule has 15 heavy (non-hydrogen) atoms. The molecule has 1 heterocycles. The van der Waals surface area contributed by atoms with E-state index in [1.807, 2.05) is 30.3 Å². The van der Waals surface area contributed by atoms with Crippen LogP contribution >= 0.6 is 0 Å². The molecular weight excluding hydrogens is 192 g/mol. The number of hydrogen-bond acceptors (Lipinski definition) is 2. The summed E-state index contributed by atoms with van der Waals surface area (Å²) in [5, 5.41) is 5.21. The summed E-state index contributed by atoms with van der Waals surface area (Å²) >= 11 is 0. The van der Waals surface area contributed by atoms with Crippen LogP contribution in [0.1, 0.15) is 5.56 Å². The number of nitrogens with one attached hydrogen (secondary N) is 2. The van der Waals surface area contributed by atoms with Crippen molar-refractivity contribution >= 4 is 11.8 Å². The molecular formula is C11H12N2O2. The van der Waals surface area contributed by atoms with Gasteiger partial charge in [0, 0.05) is 6.42 Å². The fourth-order valence-electron chi connectivity index (χ4n) is 1.60. The van der Waals surface area contributed by atoms with Crippen LogP contribution in [0.3, 0.4) is 0 Å². The molecule has 0 unspecified atom stereocenters. The lowest BCUT2D eigenvalue weighted by Gasteiger charge is -2.23. The molecule has 1 atom stereocenters. The van der Waals surface area contributed by atoms with E-state index in [-0.39, 0.29) is 18.4 Å². The predicted molar refractivity (Wildman–Crippen MR) is 55.1 cm³/mol. The van der Waals surface area contributed by atoms with Gasteiger partial charge < -0.3 is 10.6 Å². The van der Waals surface area contributed by atoms with Crippen molar-refractivity contribution in [1.82, 2.24) is 10.6 Å². The summed E-state index contributed by atoms with van der Waals surface area (Å²) in [4.78, 5) is 22.5. The maximum atomic E-state index is 11.4. The molecule has 2 rings (SSSR count). The van der Waals surface area contributed by atoms with E-state index in [1.165, 1.54) is 0 Å². The van der Waals surface area contributed by atoms with Crippen LogP contribution in [0.4, 0.5) is 0 Å². The molecule has 1 aliphatic heterocycles. The Morgan fingerprint density at radius 3 is 2.67 bits per heavy atom. The second-order valence-electron chi connectivity index (χ2n) is 3.53. The Kier molecular flexibility index (Phi) is 2.67. The van der Waals surface area contributed by atoms with Crippen molar-refractivity contribution in [2.24, 2.45) is 0 Å². The van der Waals surface area contributed by atoms with Crippen LogP contribution < -0.4 is 10.6 Å². The molecule has 1 saturated heterocycles. The quantitative estimate of drug-likeness (QED) is 0.703. The predicted octanol–water partition coefficient (Wildman–Crippen LogP) is -0.156. The van der Waals surface area contributed by atoms with Crippen LogP contribution in [0.15, 0.2) is 30.3 Å². The molecule has 1 aliphatic rings. The van der Waals surface area contributed by atoms with Crippen molar-refractivity contribution in [3.8, 4) is 0 Å². The van der Waals surface area contributed by atoms with Crippen LogP contribution in [-0.2, 0) is 16.0 Å². The normalized spacial score (nSPS) is 20.7. The zero-order valence-electron chi connectivity index (χ0n) is 8.19. The van der Waals surface area contributed by atoms with Gasteiger partial charge in [0.05, 0.1) is 6.54 Å². The third kappa shape index (κ3) is 2.34. The Balaban J connectivity index is 2.05. The number of hydrogen-bond donors (Lipinski definition) is 2. The number of rotatable bonds is 2. The molecule has 0 radical (unpaired) electrons. The first-order valence-electron chi connectivity index (χ1n) is 4.87. The topological polar surface area (TPSA) is 58.2 Å². The molecule has 1 aromatic carbocycles. The van der Waals surface area contributed by atoms with Gasteiger partial charge in [-0.05, 0) is 5.56 Å². The number of carbonyl (C=O) groups is 2. The molecule has 0 bridgehead atoms. The minimum atomic E-state index is -0.436. The molecule has 0 aromatic heterocycles.